The number of Topliss-reactive ketones (excluding diaryl/α,β-unsaturated/α-hetero) is 1. The van der Waals surface area contributed by atoms with E-state index in [0.717, 1.165) is 61.7 Å². The van der Waals surface area contributed by atoms with Gasteiger partial charge in [0.05, 0.1) is 18.4 Å². The fourth-order valence-corrected chi connectivity index (χ4v) is 5.57. The molecule has 1 atom stereocenters. The van der Waals surface area contributed by atoms with Crippen LogP contribution in [0.4, 0.5) is 11.4 Å². The molecule has 190 valence electrons. The molecule has 0 bridgehead atoms. The minimum absolute atomic E-state index is 0.0192. The Kier molecular flexibility index (Phi) is 5.99. The molecule has 0 saturated carbocycles. The van der Waals surface area contributed by atoms with Crippen molar-refractivity contribution < 1.29 is 23.8 Å². The number of amides is 1. The molecular weight excluding hydrogens is 468 g/mol. The van der Waals surface area contributed by atoms with E-state index < -0.39 is 17.7 Å². The molecule has 0 radical (unpaired) electrons. The second kappa shape index (κ2) is 9.47. The number of piperidine rings is 1. The van der Waals surface area contributed by atoms with Crippen molar-refractivity contribution in [1.29, 1.82) is 0 Å². The Labute approximate surface area is 215 Å². The lowest BCUT2D eigenvalue weighted by Crippen LogP contribution is -2.33. The van der Waals surface area contributed by atoms with Gasteiger partial charge in [0, 0.05) is 30.0 Å². The average Bonchev–Trinajstić information content (AvgIpc) is 3.55. The fourth-order valence-electron chi connectivity index (χ4n) is 5.57. The van der Waals surface area contributed by atoms with Gasteiger partial charge in [0.2, 0.25) is 0 Å². The maximum atomic E-state index is 13.4. The Balaban J connectivity index is 1.39. The summed E-state index contributed by atoms with van der Waals surface area (Å²) in [4.78, 5) is 30.5. The van der Waals surface area contributed by atoms with Gasteiger partial charge in [-0.1, -0.05) is 6.92 Å². The van der Waals surface area contributed by atoms with E-state index in [4.69, 9.17) is 9.15 Å². The number of ether oxygens (including phenoxy) is 1. The smallest absolute Gasteiger partial charge is 0.300 e. The van der Waals surface area contributed by atoms with Crippen LogP contribution in [0.2, 0.25) is 0 Å². The molecule has 3 aliphatic heterocycles. The molecule has 1 amide bonds. The van der Waals surface area contributed by atoms with Crippen LogP contribution in [0.15, 0.2) is 70.9 Å². The standard InChI is InChI=1S/C30H30N2O5/c1-19-12-14-31(15-13-19)22-7-9-23(10-8-22)32-27(25-5-3-17-37-25)26(29(34)30(32)35)28(33)21-6-11-24-20(18-21)4-2-16-36-24/h3,5-11,17-19,27,33H,2,4,12-16H2,1H3/b28-26-. The predicted octanol–water partition coefficient (Wildman–Crippen LogP) is 5.47. The zero-order chi connectivity index (χ0) is 25.5. The second-order valence-corrected chi connectivity index (χ2v) is 10.1. The number of fused-ring (bicyclic) bond motifs is 1. The summed E-state index contributed by atoms with van der Waals surface area (Å²) < 4.78 is 11.4. The van der Waals surface area contributed by atoms with Crippen molar-refractivity contribution in [2.45, 2.75) is 38.6 Å². The van der Waals surface area contributed by atoms with E-state index in [1.165, 1.54) is 11.2 Å². The highest BCUT2D eigenvalue weighted by molar-refractivity contribution is 6.51. The number of anilines is 2. The molecule has 1 N–H and O–H groups in total. The molecule has 0 aliphatic carbocycles. The number of carbonyl (C=O) groups is 2. The Morgan fingerprint density at radius 3 is 2.49 bits per heavy atom. The highest BCUT2D eigenvalue weighted by Gasteiger charge is 2.48. The first kappa shape index (κ1) is 23.4. The summed E-state index contributed by atoms with van der Waals surface area (Å²) in [6.07, 6.45) is 5.54. The van der Waals surface area contributed by atoms with Gasteiger partial charge in [-0.05, 0) is 91.8 Å². The number of furan rings is 1. The fraction of sp³-hybridized carbons (Fsp3) is 0.333. The summed E-state index contributed by atoms with van der Waals surface area (Å²) >= 11 is 0. The van der Waals surface area contributed by atoms with Gasteiger partial charge in [0.25, 0.3) is 11.7 Å². The van der Waals surface area contributed by atoms with Gasteiger partial charge in [-0.3, -0.25) is 14.5 Å². The van der Waals surface area contributed by atoms with Gasteiger partial charge in [0.15, 0.2) is 0 Å². The number of carbonyl (C=O) groups excluding carboxylic acids is 2. The second-order valence-electron chi connectivity index (χ2n) is 10.1. The van der Waals surface area contributed by atoms with Crippen LogP contribution in [-0.2, 0) is 16.0 Å². The number of aliphatic hydroxyl groups is 1. The lowest BCUT2D eigenvalue weighted by Gasteiger charge is -2.32. The number of aryl methyl sites for hydroxylation is 1. The topological polar surface area (TPSA) is 83.2 Å². The lowest BCUT2D eigenvalue weighted by atomic mass is 9.96. The number of hydrogen-bond acceptors (Lipinski definition) is 6. The molecule has 0 spiro atoms. The molecule has 1 aromatic heterocycles. The van der Waals surface area contributed by atoms with E-state index in [1.807, 2.05) is 36.4 Å². The van der Waals surface area contributed by atoms with Gasteiger partial charge in [-0.15, -0.1) is 0 Å². The number of aliphatic hydroxyl groups excluding tert-OH is 1. The van der Waals surface area contributed by atoms with Crippen LogP contribution in [0.25, 0.3) is 5.76 Å². The van der Waals surface area contributed by atoms with Crippen molar-refractivity contribution in [2.24, 2.45) is 5.92 Å². The molecule has 3 aromatic rings. The summed E-state index contributed by atoms with van der Waals surface area (Å²) in [6.45, 7) is 4.95. The molecule has 3 aliphatic rings. The summed E-state index contributed by atoms with van der Waals surface area (Å²) in [6, 6.07) is 15.7. The van der Waals surface area contributed by atoms with Crippen molar-refractivity contribution in [3.05, 3.63) is 83.3 Å². The Bertz CT molecular complexity index is 1350. The van der Waals surface area contributed by atoms with Crippen molar-refractivity contribution in [1.82, 2.24) is 0 Å². The van der Waals surface area contributed by atoms with E-state index in [9.17, 15) is 14.7 Å². The average molecular weight is 499 g/mol. The number of rotatable bonds is 4. The van der Waals surface area contributed by atoms with E-state index in [2.05, 4.69) is 11.8 Å². The van der Waals surface area contributed by atoms with Crippen molar-refractivity contribution >= 4 is 28.8 Å². The summed E-state index contributed by atoms with van der Waals surface area (Å²) in [5.41, 5.74) is 3.15. The molecular formula is C30H30N2O5. The molecule has 2 aromatic carbocycles. The first-order valence-electron chi connectivity index (χ1n) is 13.0. The summed E-state index contributed by atoms with van der Waals surface area (Å²) in [5.74, 6) is 0.295. The number of ketones is 1. The van der Waals surface area contributed by atoms with Crippen LogP contribution in [-0.4, -0.2) is 36.5 Å². The van der Waals surface area contributed by atoms with Gasteiger partial charge in [0.1, 0.15) is 23.3 Å². The quantitative estimate of drug-likeness (QED) is 0.292. The maximum Gasteiger partial charge on any atom is 0.300 e. The van der Waals surface area contributed by atoms with Crippen LogP contribution in [0.5, 0.6) is 5.75 Å². The SMILES string of the molecule is CC1CCN(c2ccc(N3C(=O)C(=O)/C(=C(\O)c4ccc5c(c4)CCCO5)C3c3ccco3)cc2)CC1. The Morgan fingerprint density at radius 1 is 1.00 bits per heavy atom. The van der Waals surface area contributed by atoms with E-state index in [0.29, 0.717) is 23.6 Å². The zero-order valence-electron chi connectivity index (χ0n) is 20.9. The Hall–Kier alpha value is -4.00. The van der Waals surface area contributed by atoms with Gasteiger partial charge in [-0.25, -0.2) is 0 Å². The number of hydrogen-bond donors (Lipinski definition) is 1. The van der Waals surface area contributed by atoms with Crippen LogP contribution >= 0.6 is 0 Å². The molecule has 2 fully saturated rings. The van der Waals surface area contributed by atoms with Gasteiger partial charge in [-0.2, -0.15) is 0 Å². The molecule has 4 heterocycles. The third-order valence-corrected chi connectivity index (χ3v) is 7.72. The van der Waals surface area contributed by atoms with Crippen LogP contribution < -0.4 is 14.5 Å². The maximum absolute atomic E-state index is 13.4. The van der Waals surface area contributed by atoms with Crippen molar-refractivity contribution in [3.8, 4) is 5.75 Å². The zero-order valence-corrected chi connectivity index (χ0v) is 20.9. The van der Waals surface area contributed by atoms with Crippen molar-refractivity contribution in [3.63, 3.8) is 0 Å². The highest BCUT2D eigenvalue weighted by Crippen LogP contribution is 2.43. The molecule has 7 heteroatoms. The van der Waals surface area contributed by atoms with Crippen LogP contribution in [0.3, 0.4) is 0 Å². The molecule has 1 unspecified atom stereocenters. The third kappa shape index (κ3) is 4.18. The number of nitrogens with zero attached hydrogens (tertiary/aromatic N) is 2. The third-order valence-electron chi connectivity index (χ3n) is 7.72. The molecule has 2 saturated heterocycles. The van der Waals surface area contributed by atoms with Crippen LogP contribution in [0, 0.1) is 5.92 Å². The minimum Gasteiger partial charge on any atom is -0.507 e. The number of benzene rings is 2. The predicted molar refractivity (Wildman–Crippen MR) is 141 cm³/mol. The van der Waals surface area contributed by atoms with E-state index >= 15 is 0 Å². The lowest BCUT2D eigenvalue weighted by molar-refractivity contribution is -0.132. The Morgan fingerprint density at radius 2 is 1.76 bits per heavy atom. The van der Waals surface area contributed by atoms with E-state index in [1.54, 1.807) is 18.2 Å². The molecule has 7 nitrogen and oxygen atoms in total. The van der Waals surface area contributed by atoms with Gasteiger partial charge >= 0.3 is 0 Å². The molecule has 6 rings (SSSR count). The first-order valence-corrected chi connectivity index (χ1v) is 13.0. The van der Waals surface area contributed by atoms with Crippen LogP contribution in [0.1, 0.15) is 49.1 Å². The minimum atomic E-state index is -0.871. The highest BCUT2D eigenvalue weighted by atomic mass is 16.5. The molecule has 37 heavy (non-hydrogen) atoms. The van der Waals surface area contributed by atoms with Crippen molar-refractivity contribution in [2.75, 3.05) is 29.5 Å². The van der Waals surface area contributed by atoms with E-state index in [-0.39, 0.29) is 11.3 Å². The first-order chi connectivity index (χ1) is 18.0. The summed E-state index contributed by atoms with van der Waals surface area (Å²) in [7, 11) is 0. The largest absolute Gasteiger partial charge is 0.507 e. The van der Waals surface area contributed by atoms with Gasteiger partial charge < -0.3 is 19.2 Å². The monoisotopic (exact) mass is 498 g/mol. The summed E-state index contributed by atoms with van der Waals surface area (Å²) in [5, 5.41) is 11.4. The normalized spacial score (nSPS) is 21.7.